The average Bonchev–Trinajstić information content (AvgIpc) is 2.77. The van der Waals surface area contributed by atoms with E-state index in [1.165, 1.54) is 10.9 Å². The fourth-order valence-corrected chi connectivity index (χ4v) is 2.21. The fraction of sp³-hybridized carbons (Fsp3) is 0.200. The minimum atomic E-state index is 1.04. The number of hydrogen-bond acceptors (Lipinski definition) is 2. The maximum atomic E-state index is 4.63. The summed E-state index contributed by atoms with van der Waals surface area (Å²) in [7, 11) is 0. The van der Waals surface area contributed by atoms with Crippen LogP contribution in [0.2, 0.25) is 0 Å². The van der Waals surface area contributed by atoms with Gasteiger partial charge in [-0.2, -0.15) is 5.10 Å². The Balaban J connectivity index is 2.28. The zero-order valence-electron chi connectivity index (χ0n) is 10.8. The average molecular weight is 237 g/mol. The van der Waals surface area contributed by atoms with Gasteiger partial charge in [0.2, 0.25) is 0 Å². The quantitative estimate of drug-likeness (QED) is 0.650. The van der Waals surface area contributed by atoms with E-state index in [0.29, 0.717) is 0 Å². The summed E-state index contributed by atoms with van der Waals surface area (Å²) >= 11 is 0. The van der Waals surface area contributed by atoms with Crippen molar-refractivity contribution in [1.29, 1.82) is 0 Å². The van der Waals surface area contributed by atoms with Crippen molar-refractivity contribution in [3.05, 3.63) is 53.5 Å². The number of rotatable bonds is 1. The van der Waals surface area contributed by atoms with E-state index in [2.05, 4.69) is 35.2 Å². The molecule has 0 saturated heterocycles. The van der Waals surface area contributed by atoms with Crippen molar-refractivity contribution in [3.8, 4) is 5.69 Å². The molecule has 0 radical (unpaired) electrons. The lowest BCUT2D eigenvalue weighted by atomic mass is 10.1. The summed E-state index contributed by atoms with van der Waals surface area (Å²) in [5.41, 5.74) is 5.51. The van der Waals surface area contributed by atoms with E-state index in [-0.39, 0.29) is 0 Å². The first-order chi connectivity index (χ1) is 8.65. The standard InChI is InChI=1S/C15H15N3/c1-10-8-16-18(9-10)14-7-6-13-5-4-11(2)17-15(13)12(14)3/h4-9H,1-3H3. The normalized spacial score (nSPS) is 11.1. The summed E-state index contributed by atoms with van der Waals surface area (Å²) in [6, 6.07) is 8.35. The molecule has 1 aromatic carbocycles. The summed E-state index contributed by atoms with van der Waals surface area (Å²) < 4.78 is 1.91. The third-order valence-corrected chi connectivity index (χ3v) is 3.18. The number of fused-ring (bicyclic) bond motifs is 1. The van der Waals surface area contributed by atoms with Crippen LogP contribution < -0.4 is 0 Å². The molecule has 90 valence electrons. The van der Waals surface area contributed by atoms with Crippen LogP contribution in [-0.2, 0) is 0 Å². The lowest BCUT2D eigenvalue weighted by Gasteiger charge is -2.09. The molecule has 3 rings (SSSR count). The second-order valence-corrected chi connectivity index (χ2v) is 4.70. The van der Waals surface area contributed by atoms with Crippen molar-refractivity contribution < 1.29 is 0 Å². The summed E-state index contributed by atoms with van der Waals surface area (Å²) in [6.45, 7) is 6.16. The van der Waals surface area contributed by atoms with Gasteiger partial charge in [0.25, 0.3) is 0 Å². The van der Waals surface area contributed by atoms with E-state index < -0.39 is 0 Å². The highest BCUT2D eigenvalue weighted by Gasteiger charge is 2.07. The Morgan fingerprint density at radius 3 is 2.50 bits per heavy atom. The highest BCUT2D eigenvalue weighted by Crippen LogP contribution is 2.23. The second kappa shape index (κ2) is 3.95. The summed E-state index contributed by atoms with van der Waals surface area (Å²) in [4.78, 5) is 4.63. The van der Waals surface area contributed by atoms with E-state index in [0.717, 1.165) is 22.5 Å². The largest absolute Gasteiger partial charge is 0.253 e. The van der Waals surface area contributed by atoms with Crippen molar-refractivity contribution >= 4 is 10.9 Å². The van der Waals surface area contributed by atoms with Gasteiger partial charge in [0.05, 0.1) is 17.4 Å². The number of aromatic nitrogens is 3. The first kappa shape index (κ1) is 11.0. The lowest BCUT2D eigenvalue weighted by Crippen LogP contribution is -1.99. The van der Waals surface area contributed by atoms with Crippen LogP contribution in [0.3, 0.4) is 0 Å². The zero-order valence-corrected chi connectivity index (χ0v) is 10.8. The number of hydrogen-bond donors (Lipinski definition) is 0. The predicted molar refractivity (Wildman–Crippen MR) is 73.1 cm³/mol. The molecule has 0 atom stereocenters. The predicted octanol–water partition coefficient (Wildman–Crippen LogP) is 3.35. The molecule has 3 aromatic rings. The molecule has 0 aliphatic rings. The lowest BCUT2D eigenvalue weighted by molar-refractivity contribution is 0.874. The Labute approximate surface area is 106 Å². The van der Waals surface area contributed by atoms with Gasteiger partial charge in [-0.1, -0.05) is 12.1 Å². The van der Waals surface area contributed by atoms with Crippen molar-refractivity contribution in [1.82, 2.24) is 14.8 Å². The first-order valence-electron chi connectivity index (χ1n) is 6.04. The van der Waals surface area contributed by atoms with Gasteiger partial charge < -0.3 is 0 Å². The molecule has 2 aromatic heterocycles. The van der Waals surface area contributed by atoms with Gasteiger partial charge in [0.15, 0.2) is 0 Å². The van der Waals surface area contributed by atoms with E-state index in [1.807, 2.05) is 37.0 Å². The minimum absolute atomic E-state index is 1.04. The van der Waals surface area contributed by atoms with Gasteiger partial charge in [-0.05, 0) is 38.5 Å². The molecule has 0 N–H and O–H groups in total. The number of nitrogens with zero attached hydrogens (tertiary/aromatic N) is 3. The third-order valence-electron chi connectivity index (χ3n) is 3.18. The molecular weight excluding hydrogens is 222 g/mol. The van der Waals surface area contributed by atoms with Gasteiger partial charge in [-0.3, -0.25) is 4.98 Å². The third kappa shape index (κ3) is 1.68. The molecule has 0 unspecified atom stereocenters. The van der Waals surface area contributed by atoms with E-state index in [4.69, 9.17) is 0 Å². The summed E-state index contributed by atoms with van der Waals surface area (Å²) in [5.74, 6) is 0. The zero-order chi connectivity index (χ0) is 12.7. The van der Waals surface area contributed by atoms with Crippen LogP contribution in [0.1, 0.15) is 16.8 Å². The van der Waals surface area contributed by atoms with Crippen molar-refractivity contribution in [2.75, 3.05) is 0 Å². The summed E-state index contributed by atoms with van der Waals surface area (Å²) in [5, 5.41) is 5.54. The van der Waals surface area contributed by atoms with E-state index in [1.54, 1.807) is 0 Å². The van der Waals surface area contributed by atoms with Crippen LogP contribution in [0.5, 0.6) is 0 Å². The fourth-order valence-electron chi connectivity index (χ4n) is 2.21. The maximum absolute atomic E-state index is 4.63. The second-order valence-electron chi connectivity index (χ2n) is 4.70. The molecule has 3 nitrogen and oxygen atoms in total. The van der Waals surface area contributed by atoms with Crippen LogP contribution >= 0.6 is 0 Å². The highest BCUT2D eigenvalue weighted by molar-refractivity contribution is 5.84. The Bertz CT molecular complexity index is 726. The van der Waals surface area contributed by atoms with Gasteiger partial charge in [-0.15, -0.1) is 0 Å². The van der Waals surface area contributed by atoms with Crippen LogP contribution in [0, 0.1) is 20.8 Å². The van der Waals surface area contributed by atoms with Gasteiger partial charge in [0, 0.05) is 22.8 Å². The highest BCUT2D eigenvalue weighted by atomic mass is 15.3. The van der Waals surface area contributed by atoms with Gasteiger partial charge in [0.1, 0.15) is 0 Å². The molecule has 0 aliphatic carbocycles. The first-order valence-corrected chi connectivity index (χ1v) is 6.04. The molecule has 0 fully saturated rings. The van der Waals surface area contributed by atoms with E-state index in [9.17, 15) is 0 Å². The molecule has 0 aliphatic heterocycles. The molecule has 2 heterocycles. The number of aryl methyl sites for hydroxylation is 3. The smallest absolute Gasteiger partial charge is 0.0755 e. The topological polar surface area (TPSA) is 30.7 Å². The summed E-state index contributed by atoms with van der Waals surface area (Å²) in [6.07, 6.45) is 3.90. The molecule has 0 saturated carbocycles. The van der Waals surface area contributed by atoms with Gasteiger partial charge in [-0.25, -0.2) is 4.68 Å². The van der Waals surface area contributed by atoms with Crippen LogP contribution in [-0.4, -0.2) is 14.8 Å². The van der Waals surface area contributed by atoms with E-state index >= 15 is 0 Å². The Morgan fingerprint density at radius 2 is 1.78 bits per heavy atom. The molecular formula is C15H15N3. The monoisotopic (exact) mass is 237 g/mol. The van der Waals surface area contributed by atoms with Crippen molar-refractivity contribution in [2.24, 2.45) is 0 Å². The van der Waals surface area contributed by atoms with Crippen LogP contribution in [0.15, 0.2) is 36.7 Å². The SMILES string of the molecule is Cc1cnn(-c2ccc3ccc(C)nc3c2C)c1. The number of benzene rings is 1. The molecule has 0 amide bonds. The number of pyridine rings is 1. The van der Waals surface area contributed by atoms with Gasteiger partial charge >= 0.3 is 0 Å². The Morgan fingerprint density at radius 1 is 1.00 bits per heavy atom. The van der Waals surface area contributed by atoms with Crippen molar-refractivity contribution in [2.45, 2.75) is 20.8 Å². The molecule has 0 spiro atoms. The molecule has 0 bridgehead atoms. The minimum Gasteiger partial charge on any atom is -0.253 e. The van der Waals surface area contributed by atoms with Crippen LogP contribution in [0.25, 0.3) is 16.6 Å². The van der Waals surface area contributed by atoms with Crippen molar-refractivity contribution in [3.63, 3.8) is 0 Å². The maximum Gasteiger partial charge on any atom is 0.0755 e. The Hall–Kier alpha value is -2.16. The molecule has 18 heavy (non-hydrogen) atoms. The Kier molecular flexibility index (Phi) is 2.40. The molecule has 3 heteroatoms. The van der Waals surface area contributed by atoms with Crippen LogP contribution in [0.4, 0.5) is 0 Å².